The van der Waals surface area contributed by atoms with Gasteiger partial charge in [0.05, 0.1) is 0 Å². The Hall–Kier alpha value is 0.1000. The van der Waals surface area contributed by atoms with Crippen LogP contribution in [0.25, 0.3) is 0 Å². The van der Waals surface area contributed by atoms with Crippen molar-refractivity contribution in [3.63, 3.8) is 0 Å². The second kappa shape index (κ2) is 11.6. The number of nitrogens with one attached hydrogen (secondary N) is 2. The highest BCUT2D eigenvalue weighted by molar-refractivity contribution is 9.09. The first kappa shape index (κ1) is 16.1. The molecule has 0 aliphatic heterocycles. The standard InChI is InChI=1S/C12H26BrN3/c1-3-8-15-12(6-4-5-7-13)10-16-11(2)9-14/h4,6,11-12,15-16H,3,5,7-10,14H2,1-2H3/b6-4+/t11-,12-/m0/s1. The molecule has 0 aromatic carbocycles. The van der Waals surface area contributed by atoms with E-state index in [0.717, 1.165) is 31.3 Å². The highest BCUT2D eigenvalue weighted by Gasteiger charge is 2.04. The van der Waals surface area contributed by atoms with E-state index < -0.39 is 0 Å². The first-order valence-electron chi connectivity index (χ1n) is 6.14. The zero-order valence-corrected chi connectivity index (χ0v) is 12.1. The average Bonchev–Trinajstić information content (AvgIpc) is 2.31. The van der Waals surface area contributed by atoms with E-state index in [0.29, 0.717) is 18.6 Å². The van der Waals surface area contributed by atoms with Gasteiger partial charge in [-0.2, -0.15) is 0 Å². The Morgan fingerprint density at radius 3 is 2.69 bits per heavy atom. The number of rotatable bonds is 10. The van der Waals surface area contributed by atoms with Crippen molar-refractivity contribution in [2.24, 2.45) is 5.73 Å². The summed E-state index contributed by atoms with van der Waals surface area (Å²) in [6.07, 6.45) is 6.70. The predicted octanol–water partition coefficient (Wildman–Crippen LogP) is 1.63. The summed E-state index contributed by atoms with van der Waals surface area (Å²) in [6, 6.07) is 0.795. The van der Waals surface area contributed by atoms with Gasteiger partial charge in [0, 0.05) is 30.5 Å². The molecule has 96 valence electrons. The summed E-state index contributed by atoms with van der Waals surface area (Å²) in [4.78, 5) is 0. The molecule has 0 aliphatic rings. The smallest absolute Gasteiger partial charge is 0.0376 e. The van der Waals surface area contributed by atoms with Gasteiger partial charge in [0.2, 0.25) is 0 Å². The number of hydrogen-bond acceptors (Lipinski definition) is 3. The van der Waals surface area contributed by atoms with Crippen molar-refractivity contribution in [1.82, 2.24) is 10.6 Å². The van der Waals surface area contributed by atoms with Gasteiger partial charge in [-0.05, 0) is 26.3 Å². The molecule has 2 atom stereocenters. The molecule has 0 bridgehead atoms. The molecular weight excluding hydrogens is 266 g/mol. The fraction of sp³-hybridized carbons (Fsp3) is 0.833. The maximum absolute atomic E-state index is 5.57. The van der Waals surface area contributed by atoms with E-state index in [-0.39, 0.29) is 0 Å². The Labute approximate surface area is 108 Å². The first-order valence-corrected chi connectivity index (χ1v) is 7.26. The Bertz CT molecular complexity index is 174. The lowest BCUT2D eigenvalue weighted by molar-refractivity contribution is 0.488. The van der Waals surface area contributed by atoms with Crippen molar-refractivity contribution >= 4 is 15.9 Å². The summed E-state index contributed by atoms with van der Waals surface area (Å²) in [6.45, 7) is 6.98. The molecule has 0 unspecified atom stereocenters. The minimum atomic E-state index is 0.385. The van der Waals surface area contributed by atoms with Crippen LogP contribution >= 0.6 is 15.9 Å². The normalized spacial score (nSPS) is 15.5. The summed E-state index contributed by atoms with van der Waals surface area (Å²) in [5.74, 6) is 0. The van der Waals surface area contributed by atoms with E-state index in [1.165, 1.54) is 0 Å². The van der Waals surface area contributed by atoms with E-state index >= 15 is 0 Å². The minimum absolute atomic E-state index is 0.385. The Morgan fingerprint density at radius 1 is 1.38 bits per heavy atom. The van der Waals surface area contributed by atoms with Gasteiger partial charge >= 0.3 is 0 Å². The zero-order chi connectivity index (χ0) is 12.2. The number of hydrogen-bond donors (Lipinski definition) is 3. The van der Waals surface area contributed by atoms with Gasteiger partial charge in [0.1, 0.15) is 0 Å². The second-order valence-electron chi connectivity index (χ2n) is 4.01. The highest BCUT2D eigenvalue weighted by Crippen LogP contribution is 1.93. The summed E-state index contributed by atoms with van der Waals surface area (Å²) in [5, 5.41) is 7.94. The Morgan fingerprint density at radius 2 is 2.12 bits per heavy atom. The number of nitrogens with two attached hydrogens (primary N) is 1. The molecule has 0 saturated carbocycles. The third-order valence-electron chi connectivity index (χ3n) is 2.34. The minimum Gasteiger partial charge on any atom is -0.329 e. The largest absolute Gasteiger partial charge is 0.329 e. The summed E-state index contributed by atoms with van der Waals surface area (Å²) in [5.41, 5.74) is 5.57. The van der Waals surface area contributed by atoms with Crippen LogP contribution in [0.4, 0.5) is 0 Å². The van der Waals surface area contributed by atoms with Crippen molar-refractivity contribution < 1.29 is 0 Å². The molecule has 0 spiro atoms. The van der Waals surface area contributed by atoms with Crippen LogP contribution in [0.5, 0.6) is 0 Å². The maximum Gasteiger partial charge on any atom is 0.0376 e. The van der Waals surface area contributed by atoms with E-state index in [1.54, 1.807) is 0 Å². The molecule has 0 fully saturated rings. The fourth-order valence-electron chi connectivity index (χ4n) is 1.27. The number of halogens is 1. The third kappa shape index (κ3) is 9.33. The second-order valence-corrected chi connectivity index (χ2v) is 4.80. The molecule has 0 aliphatic carbocycles. The van der Waals surface area contributed by atoms with Crippen molar-refractivity contribution in [1.29, 1.82) is 0 Å². The molecule has 0 heterocycles. The highest BCUT2D eigenvalue weighted by atomic mass is 79.9. The molecule has 4 N–H and O–H groups in total. The SMILES string of the molecule is CCCN[C@@H](/C=C/CCBr)CN[C@@H](C)CN. The Balaban J connectivity index is 3.89. The van der Waals surface area contributed by atoms with Gasteiger partial charge in [-0.15, -0.1) is 0 Å². The summed E-state index contributed by atoms with van der Waals surface area (Å²) in [7, 11) is 0. The average molecular weight is 292 g/mol. The third-order valence-corrected chi connectivity index (χ3v) is 2.80. The Kier molecular flexibility index (Phi) is 11.7. The topological polar surface area (TPSA) is 50.1 Å². The molecule has 0 aromatic rings. The fourth-order valence-corrected chi connectivity index (χ4v) is 1.54. The van der Waals surface area contributed by atoms with Crippen molar-refractivity contribution in [2.75, 3.05) is 25.0 Å². The lowest BCUT2D eigenvalue weighted by Crippen LogP contribution is -2.43. The lowest BCUT2D eigenvalue weighted by Gasteiger charge is -2.18. The van der Waals surface area contributed by atoms with Gasteiger partial charge < -0.3 is 16.4 Å². The van der Waals surface area contributed by atoms with Crippen LogP contribution in [0.15, 0.2) is 12.2 Å². The van der Waals surface area contributed by atoms with Crippen LogP contribution in [0.3, 0.4) is 0 Å². The monoisotopic (exact) mass is 291 g/mol. The molecule has 0 rings (SSSR count). The van der Waals surface area contributed by atoms with Crippen LogP contribution in [0.2, 0.25) is 0 Å². The maximum atomic E-state index is 5.57. The zero-order valence-electron chi connectivity index (χ0n) is 10.5. The van der Waals surface area contributed by atoms with Crippen LogP contribution in [0.1, 0.15) is 26.7 Å². The quantitative estimate of drug-likeness (QED) is 0.424. The molecule has 0 amide bonds. The predicted molar refractivity (Wildman–Crippen MR) is 76.2 cm³/mol. The van der Waals surface area contributed by atoms with Crippen molar-refractivity contribution in [3.05, 3.63) is 12.2 Å². The molecule has 4 heteroatoms. The molecule has 16 heavy (non-hydrogen) atoms. The van der Waals surface area contributed by atoms with Crippen molar-refractivity contribution in [3.8, 4) is 0 Å². The van der Waals surface area contributed by atoms with Crippen molar-refractivity contribution in [2.45, 2.75) is 38.8 Å². The number of alkyl halides is 1. The van der Waals surface area contributed by atoms with Crippen LogP contribution in [0, 0.1) is 0 Å². The van der Waals surface area contributed by atoms with E-state index in [4.69, 9.17) is 5.73 Å². The molecular formula is C12H26BrN3. The van der Waals surface area contributed by atoms with Gasteiger partial charge in [0.25, 0.3) is 0 Å². The van der Waals surface area contributed by atoms with Gasteiger partial charge in [0.15, 0.2) is 0 Å². The van der Waals surface area contributed by atoms with E-state index in [1.807, 2.05) is 0 Å². The number of allylic oxidation sites excluding steroid dienone is 1. The molecule has 3 nitrogen and oxygen atoms in total. The molecule has 0 aromatic heterocycles. The molecule has 0 saturated heterocycles. The van der Waals surface area contributed by atoms with E-state index in [9.17, 15) is 0 Å². The molecule has 0 radical (unpaired) electrons. The van der Waals surface area contributed by atoms with E-state index in [2.05, 4.69) is 52.6 Å². The van der Waals surface area contributed by atoms with Gasteiger partial charge in [-0.25, -0.2) is 0 Å². The van der Waals surface area contributed by atoms with Crippen LogP contribution < -0.4 is 16.4 Å². The van der Waals surface area contributed by atoms with Gasteiger partial charge in [-0.1, -0.05) is 35.0 Å². The van der Waals surface area contributed by atoms with Gasteiger partial charge in [-0.3, -0.25) is 0 Å². The summed E-state index contributed by atoms with van der Waals surface area (Å²) >= 11 is 3.42. The van der Waals surface area contributed by atoms with Crippen LogP contribution in [-0.2, 0) is 0 Å². The van der Waals surface area contributed by atoms with Crippen LogP contribution in [-0.4, -0.2) is 37.0 Å². The first-order chi connectivity index (χ1) is 7.74. The summed E-state index contributed by atoms with van der Waals surface area (Å²) < 4.78 is 0. The lowest BCUT2D eigenvalue weighted by atomic mass is 10.2.